The van der Waals surface area contributed by atoms with E-state index in [1.54, 1.807) is 14.2 Å². The molecule has 0 aromatic heterocycles. The van der Waals surface area contributed by atoms with Crippen LogP contribution in [-0.2, 0) is 22.6 Å². The number of piperidine rings is 1. The SMILES string of the molecule is COc1cc2c(cc1OC)C(=O)C(CC1CCN(Cc3ccccc3)CC1)C2.O=C(O)CCC(=O)O. The Kier molecular flexibility index (Phi) is 9.87. The number of carboxylic acids is 2. The zero-order valence-corrected chi connectivity index (χ0v) is 20.9. The Balaban J connectivity index is 0.000000392. The quantitative estimate of drug-likeness (QED) is 0.527. The molecule has 2 aliphatic rings. The Hall–Kier alpha value is -3.39. The molecule has 1 aliphatic carbocycles. The van der Waals surface area contributed by atoms with Gasteiger partial charge in [0, 0.05) is 18.0 Å². The summed E-state index contributed by atoms with van der Waals surface area (Å²) in [6.07, 6.45) is 3.60. The smallest absolute Gasteiger partial charge is 0.303 e. The second kappa shape index (κ2) is 13.1. The number of hydrogen-bond donors (Lipinski definition) is 2. The molecule has 36 heavy (non-hydrogen) atoms. The molecule has 1 unspecified atom stereocenters. The molecule has 194 valence electrons. The Labute approximate surface area is 211 Å². The minimum absolute atomic E-state index is 0.109. The summed E-state index contributed by atoms with van der Waals surface area (Å²) in [5.41, 5.74) is 3.31. The third-order valence-corrected chi connectivity index (χ3v) is 6.84. The highest BCUT2D eigenvalue weighted by Gasteiger charge is 2.34. The summed E-state index contributed by atoms with van der Waals surface area (Å²) >= 11 is 0. The summed E-state index contributed by atoms with van der Waals surface area (Å²) in [5, 5.41) is 15.8. The molecule has 0 spiro atoms. The average molecular weight is 498 g/mol. The number of ether oxygens (including phenoxy) is 2. The Bertz CT molecular complexity index is 1030. The van der Waals surface area contributed by atoms with Crippen molar-refractivity contribution in [3.05, 3.63) is 59.2 Å². The first kappa shape index (κ1) is 27.2. The van der Waals surface area contributed by atoms with E-state index in [0.717, 1.165) is 43.6 Å². The van der Waals surface area contributed by atoms with E-state index in [1.165, 1.54) is 18.4 Å². The monoisotopic (exact) mass is 497 g/mol. The molecule has 0 radical (unpaired) electrons. The van der Waals surface area contributed by atoms with Crippen molar-refractivity contribution in [3.8, 4) is 11.5 Å². The van der Waals surface area contributed by atoms with Gasteiger partial charge in [-0.2, -0.15) is 0 Å². The Morgan fingerprint density at radius 2 is 1.53 bits per heavy atom. The summed E-state index contributed by atoms with van der Waals surface area (Å²) in [6, 6.07) is 14.5. The molecule has 1 aliphatic heterocycles. The number of methoxy groups -OCH3 is 2. The van der Waals surface area contributed by atoms with Crippen molar-refractivity contribution in [2.24, 2.45) is 11.8 Å². The lowest BCUT2D eigenvalue weighted by Gasteiger charge is -2.32. The fourth-order valence-electron chi connectivity index (χ4n) is 4.93. The molecule has 8 heteroatoms. The predicted molar refractivity (Wildman–Crippen MR) is 135 cm³/mol. The van der Waals surface area contributed by atoms with Gasteiger partial charge in [0.05, 0.1) is 27.1 Å². The third kappa shape index (κ3) is 7.55. The predicted octanol–water partition coefficient (Wildman–Crippen LogP) is 4.30. The zero-order valence-electron chi connectivity index (χ0n) is 20.9. The van der Waals surface area contributed by atoms with Crippen molar-refractivity contribution in [3.63, 3.8) is 0 Å². The topological polar surface area (TPSA) is 113 Å². The van der Waals surface area contributed by atoms with Gasteiger partial charge < -0.3 is 19.7 Å². The van der Waals surface area contributed by atoms with Crippen molar-refractivity contribution >= 4 is 17.7 Å². The van der Waals surface area contributed by atoms with Crippen LogP contribution in [0.5, 0.6) is 11.5 Å². The minimum atomic E-state index is -1.08. The van der Waals surface area contributed by atoms with Crippen LogP contribution in [0.25, 0.3) is 0 Å². The minimum Gasteiger partial charge on any atom is -0.493 e. The first-order valence-electron chi connectivity index (χ1n) is 12.3. The third-order valence-electron chi connectivity index (χ3n) is 6.84. The van der Waals surface area contributed by atoms with Gasteiger partial charge in [-0.25, -0.2) is 0 Å². The number of hydrogen-bond acceptors (Lipinski definition) is 6. The highest BCUT2D eigenvalue weighted by Crippen LogP contribution is 2.39. The van der Waals surface area contributed by atoms with Crippen LogP contribution in [0.15, 0.2) is 42.5 Å². The molecule has 8 nitrogen and oxygen atoms in total. The summed E-state index contributed by atoms with van der Waals surface area (Å²) in [5.74, 6) is 0.229. The standard InChI is InChI=1S/C24H29NO3.C4H6O4/c1-27-22-14-19-13-20(24(26)21(19)15-23(22)28-2)12-17-8-10-25(11-9-17)16-18-6-4-3-5-7-18;5-3(6)1-2-4(7)8/h3-7,14-15,17,20H,8-13,16H2,1-2H3;1-2H2,(H,5,6)(H,7,8). The molecular weight excluding hydrogens is 462 g/mol. The molecular formula is C28H35NO7. The molecule has 2 aromatic rings. The van der Waals surface area contributed by atoms with E-state index in [4.69, 9.17) is 19.7 Å². The van der Waals surface area contributed by atoms with Gasteiger partial charge in [0.25, 0.3) is 0 Å². The first-order chi connectivity index (χ1) is 17.3. The van der Waals surface area contributed by atoms with Gasteiger partial charge in [0.1, 0.15) is 0 Å². The van der Waals surface area contributed by atoms with Crippen LogP contribution in [0.2, 0.25) is 0 Å². The van der Waals surface area contributed by atoms with Crippen LogP contribution in [0.4, 0.5) is 0 Å². The number of carboxylic acid groups (broad SMARTS) is 2. The van der Waals surface area contributed by atoms with Gasteiger partial charge in [-0.3, -0.25) is 19.3 Å². The molecule has 0 saturated carbocycles. The molecule has 1 fully saturated rings. The number of benzene rings is 2. The van der Waals surface area contributed by atoms with Crippen LogP contribution in [-0.4, -0.2) is 60.1 Å². The van der Waals surface area contributed by atoms with Crippen molar-refractivity contribution in [1.29, 1.82) is 0 Å². The number of carbonyl (C=O) groups is 3. The van der Waals surface area contributed by atoms with Crippen molar-refractivity contribution < 1.29 is 34.1 Å². The van der Waals surface area contributed by atoms with Crippen LogP contribution in [0.3, 0.4) is 0 Å². The molecule has 0 amide bonds. The highest BCUT2D eigenvalue weighted by atomic mass is 16.5. The Morgan fingerprint density at radius 3 is 2.08 bits per heavy atom. The van der Waals surface area contributed by atoms with Gasteiger partial charge >= 0.3 is 11.9 Å². The van der Waals surface area contributed by atoms with Gasteiger partial charge in [0.2, 0.25) is 0 Å². The van der Waals surface area contributed by atoms with E-state index >= 15 is 0 Å². The van der Waals surface area contributed by atoms with E-state index in [2.05, 4.69) is 35.2 Å². The zero-order chi connectivity index (χ0) is 26.1. The number of ketones is 1. The number of fused-ring (bicyclic) bond motifs is 1. The second-order valence-corrected chi connectivity index (χ2v) is 9.36. The van der Waals surface area contributed by atoms with E-state index in [0.29, 0.717) is 17.4 Å². The summed E-state index contributed by atoms with van der Waals surface area (Å²) < 4.78 is 10.8. The Morgan fingerprint density at radius 1 is 0.944 bits per heavy atom. The summed E-state index contributed by atoms with van der Waals surface area (Å²) in [7, 11) is 3.26. The van der Waals surface area contributed by atoms with E-state index < -0.39 is 11.9 Å². The van der Waals surface area contributed by atoms with E-state index in [-0.39, 0.29) is 24.5 Å². The highest BCUT2D eigenvalue weighted by molar-refractivity contribution is 6.02. The molecule has 1 saturated heterocycles. The van der Waals surface area contributed by atoms with Crippen LogP contribution in [0, 0.1) is 11.8 Å². The maximum Gasteiger partial charge on any atom is 0.303 e. The van der Waals surface area contributed by atoms with Crippen LogP contribution < -0.4 is 9.47 Å². The lowest BCUT2D eigenvalue weighted by Crippen LogP contribution is -2.34. The average Bonchev–Trinajstić information content (AvgIpc) is 3.18. The summed E-state index contributed by atoms with van der Waals surface area (Å²) in [4.78, 5) is 34.8. The van der Waals surface area contributed by atoms with Crippen LogP contribution in [0.1, 0.15) is 53.6 Å². The lowest BCUT2D eigenvalue weighted by atomic mass is 9.85. The molecule has 1 heterocycles. The number of aliphatic carboxylic acids is 2. The molecule has 4 rings (SSSR count). The van der Waals surface area contributed by atoms with Gasteiger partial charge in [-0.05, 0) is 68.0 Å². The number of Topliss-reactive ketones (excluding diaryl/α,β-unsaturated/α-hetero) is 1. The van der Waals surface area contributed by atoms with Crippen molar-refractivity contribution in [2.75, 3.05) is 27.3 Å². The largest absolute Gasteiger partial charge is 0.493 e. The fourth-order valence-corrected chi connectivity index (χ4v) is 4.93. The normalized spacial score (nSPS) is 17.6. The number of rotatable bonds is 9. The number of nitrogens with zero attached hydrogens (tertiary/aromatic N) is 1. The molecule has 1 atom stereocenters. The maximum atomic E-state index is 12.9. The van der Waals surface area contributed by atoms with Crippen molar-refractivity contribution in [1.82, 2.24) is 4.90 Å². The maximum absolute atomic E-state index is 12.9. The van der Waals surface area contributed by atoms with Gasteiger partial charge in [-0.15, -0.1) is 0 Å². The van der Waals surface area contributed by atoms with Gasteiger partial charge in [-0.1, -0.05) is 30.3 Å². The molecule has 2 N–H and O–H groups in total. The van der Waals surface area contributed by atoms with E-state index in [1.807, 2.05) is 12.1 Å². The number of likely N-dealkylation sites (tertiary alicyclic amines) is 1. The van der Waals surface area contributed by atoms with Crippen LogP contribution >= 0.6 is 0 Å². The van der Waals surface area contributed by atoms with E-state index in [9.17, 15) is 14.4 Å². The molecule has 0 bridgehead atoms. The van der Waals surface area contributed by atoms with Crippen molar-refractivity contribution in [2.45, 2.75) is 45.1 Å². The lowest BCUT2D eigenvalue weighted by molar-refractivity contribution is -0.143. The van der Waals surface area contributed by atoms with Gasteiger partial charge in [0.15, 0.2) is 17.3 Å². The second-order valence-electron chi connectivity index (χ2n) is 9.36. The first-order valence-corrected chi connectivity index (χ1v) is 12.3. The fraction of sp³-hybridized carbons (Fsp3) is 0.464. The number of carbonyl (C=O) groups excluding carboxylic acids is 1. The molecule has 2 aromatic carbocycles. The summed E-state index contributed by atoms with van der Waals surface area (Å²) in [6.45, 7) is 3.27.